The quantitative estimate of drug-likeness (QED) is 0.257. The minimum Gasteiger partial charge on any atom is -0.393 e. The van der Waals surface area contributed by atoms with Gasteiger partial charge in [-0.15, -0.1) is 0 Å². The van der Waals surface area contributed by atoms with E-state index in [1.54, 1.807) is 0 Å². The topological polar surface area (TPSA) is 180 Å². The molecule has 10 nitrogen and oxygen atoms in total. The predicted molar refractivity (Wildman–Crippen MR) is 118 cm³/mol. The summed E-state index contributed by atoms with van der Waals surface area (Å²) in [4.78, 5) is 0. The predicted octanol–water partition coefficient (Wildman–Crippen LogP) is -0.690. The van der Waals surface area contributed by atoms with Crippen LogP contribution in [0.3, 0.4) is 0 Å². The lowest BCUT2D eigenvalue weighted by Gasteiger charge is -2.67. The molecule has 0 saturated carbocycles. The Morgan fingerprint density at radius 3 is 1.09 bits per heavy atom. The zero-order valence-corrected chi connectivity index (χ0v) is 21.5. The van der Waals surface area contributed by atoms with Crippen LogP contribution < -0.4 is 0 Å². The standard InChI is InChI=1S/C23H44O10/c1-14(17(4,25)20(7,28)19(6,27)16(3,13-24)32-14)11-12-15(2)18(5,26)21(8,29)22(9,30)23(10,31)33-15/h24-31H,11-13H2,1-10H3. The van der Waals surface area contributed by atoms with E-state index in [1.165, 1.54) is 62.3 Å². The van der Waals surface area contributed by atoms with Crippen molar-refractivity contribution in [3.63, 3.8) is 0 Å². The van der Waals surface area contributed by atoms with Crippen molar-refractivity contribution in [2.75, 3.05) is 6.61 Å². The molecule has 2 aliphatic rings. The minimum absolute atomic E-state index is 0.108. The fourth-order valence-corrected chi connectivity index (χ4v) is 5.53. The molecule has 0 aromatic heterocycles. The third-order valence-electron chi connectivity index (χ3n) is 10.0. The van der Waals surface area contributed by atoms with E-state index in [9.17, 15) is 40.9 Å². The van der Waals surface area contributed by atoms with Gasteiger partial charge in [-0.25, -0.2) is 0 Å². The third kappa shape index (κ3) is 3.16. The summed E-state index contributed by atoms with van der Waals surface area (Å²) in [6.45, 7) is 12.3. The molecule has 10 atom stereocenters. The molecular weight excluding hydrogens is 436 g/mol. The Kier molecular flexibility index (Phi) is 6.20. The molecule has 0 radical (unpaired) electrons. The minimum atomic E-state index is -2.26. The van der Waals surface area contributed by atoms with Crippen molar-refractivity contribution in [1.29, 1.82) is 0 Å². The van der Waals surface area contributed by atoms with Crippen molar-refractivity contribution in [2.45, 2.75) is 138 Å². The van der Waals surface area contributed by atoms with Gasteiger partial charge in [0.1, 0.15) is 44.8 Å². The van der Waals surface area contributed by atoms with Crippen molar-refractivity contribution >= 4 is 0 Å². The first kappa shape index (κ1) is 28.8. The van der Waals surface area contributed by atoms with E-state index in [-0.39, 0.29) is 12.8 Å². The molecule has 2 rings (SSSR count). The number of ether oxygens (including phenoxy) is 2. The van der Waals surface area contributed by atoms with Crippen LogP contribution in [0.4, 0.5) is 0 Å². The van der Waals surface area contributed by atoms with E-state index >= 15 is 0 Å². The van der Waals surface area contributed by atoms with Gasteiger partial charge in [-0.05, 0) is 82.1 Å². The SMILES string of the molecule is CC1(O)OC(C)(CCC2(C)OC(C)(CO)C(C)(O)C(C)(O)C2(C)O)C(C)(O)C(C)(O)C1(C)O. The number of hydrogen-bond donors (Lipinski definition) is 8. The van der Waals surface area contributed by atoms with Crippen LogP contribution in [-0.2, 0) is 9.47 Å². The molecule has 0 bridgehead atoms. The first-order valence-corrected chi connectivity index (χ1v) is 11.3. The molecule has 8 N–H and O–H groups in total. The Hall–Kier alpha value is -0.400. The lowest BCUT2D eigenvalue weighted by atomic mass is 9.56. The number of rotatable bonds is 4. The van der Waals surface area contributed by atoms with Crippen LogP contribution in [0.1, 0.15) is 82.1 Å². The maximum absolute atomic E-state index is 11.5. The van der Waals surface area contributed by atoms with Crippen LogP contribution in [0, 0.1) is 0 Å². The highest BCUT2D eigenvalue weighted by Gasteiger charge is 2.76. The van der Waals surface area contributed by atoms with Crippen molar-refractivity contribution < 1.29 is 50.3 Å². The van der Waals surface area contributed by atoms with Gasteiger partial charge in [-0.2, -0.15) is 0 Å². The van der Waals surface area contributed by atoms with Crippen molar-refractivity contribution in [3.05, 3.63) is 0 Å². The van der Waals surface area contributed by atoms with E-state index in [2.05, 4.69) is 0 Å². The van der Waals surface area contributed by atoms with Gasteiger partial charge >= 0.3 is 0 Å². The number of aliphatic hydroxyl groups is 8. The molecule has 0 aliphatic carbocycles. The van der Waals surface area contributed by atoms with E-state index in [4.69, 9.17) is 9.47 Å². The average Bonchev–Trinajstić information content (AvgIpc) is 2.63. The molecule has 2 aliphatic heterocycles. The first-order chi connectivity index (χ1) is 14.2. The monoisotopic (exact) mass is 480 g/mol. The number of hydrogen-bond acceptors (Lipinski definition) is 10. The Balaban J connectivity index is 2.55. The molecule has 10 heteroatoms. The summed E-state index contributed by atoms with van der Waals surface area (Å²) in [6.07, 6.45) is -0.239. The zero-order chi connectivity index (χ0) is 26.5. The smallest absolute Gasteiger partial charge is 0.195 e. The normalized spacial score (nSPS) is 62.4. The Morgan fingerprint density at radius 2 is 0.727 bits per heavy atom. The fraction of sp³-hybridized carbons (Fsp3) is 1.00. The van der Waals surface area contributed by atoms with Crippen LogP contribution in [-0.4, -0.2) is 104 Å². The van der Waals surface area contributed by atoms with Gasteiger partial charge in [-0.3, -0.25) is 0 Å². The van der Waals surface area contributed by atoms with Gasteiger partial charge in [-0.1, -0.05) is 0 Å². The second-order valence-corrected chi connectivity index (χ2v) is 12.0. The van der Waals surface area contributed by atoms with Crippen LogP contribution >= 0.6 is 0 Å². The van der Waals surface area contributed by atoms with E-state index < -0.39 is 62.8 Å². The Morgan fingerprint density at radius 1 is 0.424 bits per heavy atom. The van der Waals surface area contributed by atoms with E-state index in [0.29, 0.717) is 0 Å². The molecule has 2 saturated heterocycles. The molecule has 2 heterocycles. The lowest BCUT2D eigenvalue weighted by molar-refractivity contribution is -0.450. The van der Waals surface area contributed by atoms with Crippen LogP contribution in [0.15, 0.2) is 0 Å². The van der Waals surface area contributed by atoms with Crippen LogP contribution in [0.2, 0.25) is 0 Å². The number of aliphatic hydroxyl groups excluding tert-OH is 1. The molecule has 0 aromatic rings. The van der Waals surface area contributed by atoms with Crippen LogP contribution in [0.5, 0.6) is 0 Å². The highest BCUT2D eigenvalue weighted by Crippen LogP contribution is 2.58. The van der Waals surface area contributed by atoms with Gasteiger partial charge in [0.05, 0.1) is 12.2 Å². The molecular formula is C23H44O10. The molecule has 0 aromatic carbocycles. The highest BCUT2D eigenvalue weighted by molar-refractivity contribution is 5.25. The molecule has 2 fully saturated rings. The zero-order valence-electron chi connectivity index (χ0n) is 21.5. The summed E-state index contributed by atoms with van der Waals surface area (Å²) in [5.41, 5.74) is -17.8. The first-order valence-electron chi connectivity index (χ1n) is 11.3. The third-order valence-corrected chi connectivity index (χ3v) is 10.0. The second kappa shape index (κ2) is 7.09. The van der Waals surface area contributed by atoms with Crippen molar-refractivity contribution in [2.24, 2.45) is 0 Å². The van der Waals surface area contributed by atoms with Crippen LogP contribution in [0.25, 0.3) is 0 Å². The summed E-state index contributed by atoms with van der Waals surface area (Å²) in [5.74, 6) is -2.26. The average molecular weight is 481 g/mol. The maximum atomic E-state index is 11.5. The largest absolute Gasteiger partial charge is 0.393 e. The Bertz CT molecular complexity index is 784. The molecule has 0 spiro atoms. The van der Waals surface area contributed by atoms with Gasteiger partial charge in [0, 0.05) is 0 Å². The summed E-state index contributed by atoms with van der Waals surface area (Å²) < 4.78 is 11.9. The summed E-state index contributed by atoms with van der Waals surface area (Å²) >= 11 is 0. The summed E-state index contributed by atoms with van der Waals surface area (Å²) in [7, 11) is 0. The fourth-order valence-electron chi connectivity index (χ4n) is 5.53. The van der Waals surface area contributed by atoms with Crippen molar-refractivity contribution in [1.82, 2.24) is 0 Å². The molecule has 10 unspecified atom stereocenters. The van der Waals surface area contributed by atoms with Gasteiger partial charge in [0.25, 0.3) is 0 Å². The van der Waals surface area contributed by atoms with Gasteiger partial charge in [0.2, 0.25) is 0 Å². The van der Waals surface area contributed by atoms with E-state index in [0.717, 1.165) is 6.92 Å². The van der Waals surface area contributed by atoms with Gasteiger partial charge in [0.15, 0.2) is 5.79 Å². The molecule has 0 amide bonds. The van der Waals surface area contributed by atoms with Gasteiger partial charge < -0.3 is 50.3 Å². The second-order valence-electron chi connectivity index (χ2n) is 12.0. The summed E-state index contributed by atoms with van der Waals surface area (Å²) in [5, 5.41) is 88.1. The highest BCUT2D eigenvalue weighted by atomic mass is 16.7. The Labute approximate surface area is 195 Å². The van der Waals surface area contributed by atoms with E-state index in [1.807, 2.05) is 0 Å². The molecule has 196 valence electrons. The van der Waals surface area contributed by atoms with Crippen molar-refractivity contribution in [3.8, 4) is 0 Å². The lowest BCUT2D eigenvalue weighted by Crippen LogP contribution is -2.85. The molecule has 33 heavy (non-hydrogen) atoms. The maximum Gasteiger partial charge on any atom is 0.195 e. The summed E-state index contributed by atoms with van der Waals surface area (Å²) in [6, 6.07) is 0.